The SMILES string of the molecule is CCN1C(=O)C2CC=C3C(c4ccc(O)c(F)c4)C4=C(CC3C2C1=O)C(=O)C=C(C)C4=O. The van der Waals surface area contributed by atoms with Crippen molar-refractivity contribution >= 4 is 23.4 Å². The lowest BCUT2D eigenvalue weighted by Crippen LogP contribution is -2.39. The van der Waals surface area contributed by atoms with Crippen LogP contribution in [0.1, 0.15) is 38.2 Å². The van der Waals surface area contributed by atoms with E-state index < -0.39 is 35.2 Å². The van der Waals surface area contributed by atoms with Crippen molar-refractivity contribution in [2.45, 2.75) is 32.6 Å². The van der Waals surface area contributed by atoms with Gasteiger partial charge in [0.05, 0.1) is 11.8 Å². The first kappa shape index (κ1) is 20.5. The molecular formula is C25H22FNO5. The Labute approximate surface area is 184 Å². The molecule has 4 aliphatic rings. The number of imide groups is 1. The molecule has 1 aliphatic heterocycles. The van der Waals surface area contributed by atoms with Gasteiger partial charge in [0.2, 0.25) is 11.8 Å². The maximum absolute atomic E-state index is 14.3. The highest BCUT2D eigenvalue weighted by atomic mass is 19.1. The van der Waals surface area contributed by atoms with Crippen LogP contribution in [0.3, 0.4) is 0 Å². The average molecular weight is 435 g/mol. The van der Waals surface area contributed by atoms with Gasteiger partial charge in [0.15, 0.2) is 23.1 Å². The third-order valence-corrected chi connectivity index (χ3v) is 7.28. The molecule has 5 rings (SSSR count). The lowest BCUT2D eigenvalue weighted by atomic mass is 9.59. The van der Waals surface area contributed by atoms with Crippen LogP contribution in [0.15, 0.2) is 52.6 Å². The van der Waals surface area contributed by atoms with Gasteiger partial charge in [0, 0.05) is 29.2 Å². The maximum Gasteiger partial charge on any atom is 0.233 e. The van der Waals surface area contributed by atoms with Crippen LogP contribution < -0.4 is 0 Å². The highest BCUT2D eigenvalue weighted by Crippen LogP contribution is 2.55. The van der Waals surface area contributed by atoms with Gasteiger partial charge in [-0.2, -0.15) is 0 Å². The molecule has 4 atom stereocenters. The molecule has 2 amide bonds. The first-order valence-electron chi connectivity index (χ1n) is 10.8. The van der Waals surface area contributed by atoms with E-state index in [9.17, 15) is 28.7 Å². The van der Waals surface area contributed by atoms with Gasteiger partial charge in [-0.25, -0.2) is 4.39 Å². The monoisotopic (exact) mass is 435 g/mol. The van der Waals surface area contributed by atoms with E-state index in [-0.39, 0.29) is 36.3 Å². The van der Waals surface area contributed by atoms with Crippen LogP contribution in [0.4, 0.5) is 4.39 Å². The number of ketones is 2. The molecule has 1 heterocycles. The fraction of sp³-hybridized carbons (Fsp3) is 0.360. The van der Waals surface area contributed by atoms with E-state index in [4.69, 9.17) is 0 Å². The van der Waals surface area contributed by atoms with E-state index in [2.05, 4.69) is 0 Å². The number of hydrogen-bond donors (Lipinski definition) is 1. The first-order valence-corrected chi connectivity index (χ1v) is 10.8. The van der Waals surface area contributed by atoms with Gasteiger partial charge in [-0.3, -0.25) is 24.1 Å². The summed E-state index contributed by atoms with van der Waals surface area (Å²) in [6, 6.07) is 3.93. The molecule has 4 unspecified atom stereocenters. The summed E-state index contributed by atoms with van der Waals surface area (Å²) < 4.78 is 14.3. The van der Waals surface area contributed by atoms with Crippen LogP contribution in [0.2, 0.25) is 0 Å². The number of halogens is 1. The number of benzene rings is 1. The smallest absolute Gasteiger partial charge is 0.233 e. The molecule has 0 spiro atoms. The summed E-state index contributed by atoms with van der Waals surface area (Å²) in [6.07, 6.45) is 3.75. The minimum atomic E-state index is -0.827. The molecule has 0 radical (unpaired) electrons. The van der Waals surface area contributed by atoms with Crippen LogP contribution in [0.5, 0.6) is 5.75 Å². The normalized spacial score (nSPS) is 29.5. The minimum Gasteiger partial charge on any atom is -0.505 e. The molecule has 1 N–H and O–H groups in total. The summed E-state index contributed by atoms with van der Waals surface area (Å²) in [5, 5.41) is 9.67. The van der Waals surface area contributed by atoms with E-state index in [1.165, 1.54) is 29.2 Å². The number of allylic oxidation sites excluding steroid dienone is 6. The maximum atomic E-state index is 14.3. The van der Waals surface area contributed by atoms with Crippen LogP contribution >= 0.6 is 0 Å². The van der Waals surface area contributed by atoms with Gasteiger partial charge in [0.1, 0.15) is 0 Å². The number of rotatable bonds is 2. The second kappa shape index (κ2) is 7.08. The summed E-state index contributed by atoms with van der Waals surface area (Å²) in [7, 11) is 0. The number of likely N-dealkylation sites (tertiary alicyclic amines) is 1. The van der Waals surface area contributed by atoms with Crippen molar-refractivity contribution in [3.05, 3.63) is 64.0 Å². The number of Topliss-reactive ketones (excluding diaryl/α,β-unsaturated/α-hetero) is 1. The molecule has 0 bridgehead atoms. The molecule has 1 fully saturated rings. The number of aromatic hydroxyl groups is 1. The molecule has 0 aromatic heterocycles. The van der Waals surface area contributed by atoms with Crippen molar-refractivity contribution in [1.82, 2.24) is 4.90 Å². The second-order valence-electron chi connectivity index (χ2n) is 8.86. The third-order valence-electron chi connectivity index (χ3n) is 7.28. The summed E-state index contributed by atoms with van der Waals surface area (Å²) >= 11 is 0. The second-order valence-corrected chi connectivity index (χ2v) is 8.86. The van der Waals surface area contributed by atoms with Crippen molar-refractivity contribution in [3.63, 3.8) is 0 Å². The van der Waals surface area contributed by atoms with Gasteiger partial charge in [-0.1, -0.05) is 17.7 Å². The van der Waals surface area contributed by atoms with Crippen molar-refractivity contribution in [3.8, 4) is 5.75 Å². The summed E-state index contributed by atoms with van der Waals surface area (Å²) in [4.78, 5) is 53.3. The van der Waals surface area contributed by atoms with Crippen molar-refractivity contribution in [2.24, 2.45) is 17.8 Å². The average Bonchev–Trinajstić information content (AvgIpc) is 3.02. The Bertz CT molecular complexity index is 1210. The van der Waals surface area contributed by atoms with Gasteiger partial charge in [-0.05, 0) is 56.4 Å². The highest BCUT2D eigenvalue weighted by molar-refractivity contribution is 6.23. The molecule has 3 aliphatic carbocycles. The van der Waals surface area contributed by atoms with Crippen molar-refractivity contribution < 1.29 is 28.7 Å². The topological polar surface area (TPSA) is 91.8 Å². The number of nitrogens with zero attached hydrogens (tertiary/aromatic N) is 1. The molecule has 1 aromatic rings. The Kier molecular flexibility index (Phi) is 4.55. The molecule has 164 valence electrons. The highest BCUT2D eigenvalue weighted by Gasteiger charge is 2.55. The number of phenols is 1. The molecule has 7 heteroatoms. The van der Waals surface area contributed by atoms with Crippen molar-refractivity contribution in [2.75, 3.05) is 6.54 Å². The zero-order valence-electron chi connectivity index (χ0n) is 17.7. The zero-order chi connectivity index (χ0) is 22.9. The number of amides is 2. The lowest BCUT2D eigenvalue weighted by Gasteiger charge is -2.42. The molecule has 32 heavy (non-hydrogen) atoms. The van der Waals surface area contributed by atoms with E-state index in [1.807, 2.05) is 6.08 Å². The summed E-state index contributed by atoms with van der Waals surface area (Å²) in [6.45, 7) is 3.61. The first-order chi connectivity index (χ1) is 15.2. The number of carbonyl (C=O) groups is 4. The summed E-state index contributed by atoms with van der Waals surface area (Å²) in [5.74, 6) is -4.57. The molecule has 6 nitrogen and oxygen atoms in total. The van der Waals surface area contributed by atoms with Gasteiger partial charge < -0.3 is 5.11 Å². The fourth-order valence-corrected chi connectivity index (χ4v) is 5.82. The molecular weight excluding hydrogens is 413 g/mol. The van der Waals surface area contributed by atoms with Crippen LogP contribution in [-0.4, -0.2) is 39.9 Å². The summed E-state index contributed by atoms with van der Waals surface area (Å²) in [5.41, 5.74) is 2.16. The largest absolute Gasteiger partial charge is 0.505 e. The zero-order valence-corrected chi connectivity index (χ0v) is 17.7. The number of hydrogen-bond acceptors (Lipinski definition) is 5. The van der Waals surface area contributed by atoms with Gasteiger partial charge in [0.25, 0.3) is 0 Å². The van der Waals surface area contributed by atoms with E-state index in [1.54, 1.807) is 13.8 Å². The lowest BCUT2D eigenvalue weighted by molar-refractivity contribution is -0.139. The van der Waals surface area contributed by atoms with Gasteiger partial charge in [-0.15, -0.1) is 0 Å². The van der Waals surface area contributed by atoms with Gasteiger partial charge >= 0.3 is 0 Å². The number of fused-ring (bicyclic) bond motifs is 3. The quantitative estimate of drug-likeness (QED) is 0.438. The molecule has 1 aromatic carbocycles. The molecule has 1 saturated heterocycles. The molecule has 0 saturated carbocycles. The number of carbonyl (C=O) groups excluding carboxylic acids is 4. The third kappa shape index (κ3) is 2.70. The Morgan fingerprint density at radius 2 is 1.88 bits per heavy atom. The fourth-order valence-electron chi connectivity index (χ4n) is 5.82. The van der Waals surface area contributed by atoms with E-state index in [0.29, 0.717) is 28.7 Å². The Morgan fingerprint density at radius 3 is 2.56 bits per heavy atom. The van der Waals surface area contributed by atoms with E-state index >= 15 is 0 Å². The van der Waals surface area contributed by atoms with Crippen LogP contribution in [0, 0.1) is 23.6 Å². The van der Waals surface area contributed by atoms with Crippen LogP contribution in [0.25, 0.3) is 0 Å². The Morgan fingerprint density at radius 1 is 1.12 bits per heavy atom. The Hall–Kier alpha value is -3.35. The predicted molar refractivity (Wildman–Crippen MR) is 112 cm³/mol. The van der Waals surface area contributed by atoms with Crippen LogP contribution in [-0.2, 0) is 19.2 Å². The Balaban J connectivity index is 1.71. The predicted octanol–water partition coefficient (Wildman–Crippen LogP) is 2.98. The minimum absolute atomic E-state index is 0.199. The standard InChI is InChI=1S/C25H22FNO5/c1-3-27-24(31)14-6-5-13-15(21(14)25(27)32)10-16-19(29)8-11(2)23(30)22(16)20(13)12-4-7-18(28)17(26)9-12/h4-5,7-9,14-15,20-21,28H,3,6,10H2,1-2H3. The van der Waals surface area contributed by atoms with E-state index in [0.717, 1.165) is 5.57 Å². The van der Waals surface area contributed by atoms with Crippen molar-refractivity contribution in [1.29, 1.82) is 0 Å². The number of phenolic OH excluding ortho intramolecular Hbond substituents is 1.